The van der Waals surface area contributed by atoms with Gasteiger partial charge in [0.05, 0.1) is 16.9 Å². The summed E-state index contributed by atoms with van der Waals surface area (Å²) in [5, 5.41) is 3.39. The van der Waals surface area contributed by atoms with E-state index in [1.807, 2.05) is 18.2 Å². The van der Waals surface area contributed by atoms with Crippen molar-refractivity contribution in [3.05, 3.63) is 72.1 Å². The summed E-state index contributed by atoms with van der Waals surface area (Å²) in [5.41, 5.74) is 2.90. The minimum Gasteiger partial charge on any atom is -0.320 e. The zero-order valence-electron chi connectivity index (χ0n) is 12.8. The molecule has 0 bridgehead atoms. The lowest BCUT2D eigenvalue weighted by Gasteiger charge is -2.09. The van der Waals surface area contributed by atoms with Crippen molar-refractivity contribution >= 4 is 28.1 Å². The van der Waals surface area contributed by atoms with Crippen LogP contribution in [0.1, 0.15) is 16.2 Å². The predicted octanol–water partition coefficient (Wildman–Crippen LogP) is 3.58. The van der Waals surface area contributed by atoms with Crippen LogP contribution in [-0.2, 0) is 0 Å². The number of nitrogens with one attached hydrogen (secondary N) is 1. The van der Waals surface area contributed by atoms with Gasteiger partial charge in [0.15, 0.2) is 0 Å². The van der Waals surface area contributed by atoms with Gasteiger partial charge in [0.1, 0.15) is 17.2 Å². The third-order valence-corrected chi connectivity index (χ3v) is 3.87. The first-order valence-corrected chi connectivity index (χ1v) is 7.43. The van der Waals surface area contributed by atoms with E-state index in [1.165, 1.54) is 12.1 Å². The first-order valence-electron chi connectivity index (χ1n) is 7.43. The van der Waals surface area contributed by atoms with Gasteiger partial charge in [-0.05, 0) is 43.3 Å². The number of imidazole rings is 1. The first-order chi connectivity index (χ1) is 11.6. The number of nitrogens with zero attached hydrogens (tertiary/aromatic N) is 3. The van der Waals surface area contributed by atoms with Crippen LogP contribution in [0.4, 0.5) is 10.1 Å². The Labute approximate surface area is 136 Å². The first kappa shape index (κ1) is 14.3. The van der Waals surface area contributed by atoms with Gasteiger partial charge in [-0.2, -0.15) is 0 Å². The van der Waals surface area contributed by atoms with Gasteiger partial charge in [0.2, 0.25) is 0 Å². The SMILES string of the molecule is Cc1nc2ccccn2c1C(=O)Nc1ccnc2ccc(F)cc12. The highest BCUT2D eigenvalue weighted by Gasteiger charge is 2.17. The lowest BCUT2D eigenvalue weighted by Crippen LogP contribution is -2.16. The monoisotopic (exact) mass is 320 g/mol. The second-order valence-electron chi connectivity index (χ2n) is 5.45. The van der Waals surface area contributed by atoms with Crippen molar-refractivity contribution in [2.75, 3.05) is 5.32 Å². The van der Waals surface area contributed by atoms with Crippen LogP contribution in [0.3, 0.4) is 0 Å². The maximum absolute atomic E-state index is 13.5. The number of aryl methyl sites for hydroxylation is 1. The Balaban J connectivity index is 1.79. The molecule has 0 atom stereocenters. The van der Waals surface area contributed by atoms with Gasteiger partial charge >= 0.3 is 0 Å². The van der Waals surface area contributed by atoms with Crippen LogP contribution < -0.4 is 5.32 Å². The number of carbonyl (C=O) groups excluding carboxylic acids is 1. The van der Waals surface area contributed by atoms with Gasteiger partial charge in [-0.25, -0.2) is 9.37 Å². The van der Waals surface area contributed by atoms with E-state index >= 15 is 0 Å². The molecule has 0 aliphatic heterocycles. The van der Waals surface area contributed by atoms with Gasteiger partial charge in [-0.3, -0.25) is 14.2 Å². The second-order valence-corrected chi connectivity index (χ2v) is 5.45. The maximum Gasteiger partial charge on any atom is 0.274 e. The summed E-state index contributed by atoms with van der Waals surface area (Å²) in [6.07, 6.45) is 3.37. The highest BCUT2D eigenvalue weighted by Crippen LogP contribution is 2.23. The van der Waals surface area contributed by atoms with Gasteiger partial charge in [0, 0.05) is 17.8 Å². The molecule has 5 nitrogen and oxygen atoms in total. The average Bonchev–Trinajstić information content (AvgIpc) is 2.91. The number of fused-ring (bicyclic) bond motifs is 2. The number of hydrogen-bond acceptors (Lipinski definition) is 3. The molecule has 1 aromatic carbocycles. The Morgan fingerprint density at radius 1 is 1.21 bits per heavy atom. The van der Waals surface area contributed by atoms with Crippen molar-refractivity contribution in [1.82, 2.24) is 14.4 Å². The number of benzene rings is 1. The summed E-state index contributed by atoms with van der Waals surface area (Å²) in [4.78, 5) is 21.3. The second kappa shape index (κ2) is 5.42. The molecule has 0 fully saturated rings. The molecule has 0 radical (unpaired) electrons. The van der Waals surface area contributed by atoms with Crippen LogP contribution in [0, 0.1) is 12.7 Å². The smallest absolute Gasteiger partial charge is 0.274 e. The van der Waals surface area contributed by atoms with Crippen LogP contribution in [0.25, 0.3) is 16.6 Å². The van der Waals surface area contributed by atoms with E-state index < -0.39 is 0 Å². The van der Waals surface area contributed by atoms with Gasteiger partial charge in [-0.1, -0.05) is 6.07 Å². The van der Waals surface area contributed by atoms with Crippen LogP contribution in [0.5, 0.6) is 0 Å². The fraction of sp³-hybridized carbons (Fsp3) is 0.0556. The number of hydrogen-bond donors (Lipinski definition) is 1. The van der Waals surface area contributed by atoms with Crippen LogP contribution in [-0.4, -0.2) is 20.3 Å². The maximum atomic E-state index is 13.5. The Hall–Kier alpha value is -3.28. The van der Waals surface area contributed by atoms with Crippen molar-refractivity contribution in [3.63, 3.8) is 0 Å². The van der Waals surface area contributed by atoms with Crippen LogP contribution in [0.2, 0.25) is 0 Å². The number of anilines is 1. The Morgan fingerprint density at radius 2 is 2.08 bits per heavy atom. The minimum atomic E-state index is -0.378. The Morgan fingerprint density at radius 3 is 2.96 bits per heavy atom. The Bertz CT molecular complexity index is 1090. The fourth-order valence-electron chi connectivity index (χ4n) is 2.80. The molecular formula is C18H13FN4O. The molecule has 3 aromatic heterocycles. The van der Waals surface area contributed by atoms with Crippen LogP contribution >= 0.6 is 0 Å². The third kappa shape index (κ3) is 2.28. The lowest BCUT2D eigenvalue weighted by molar-refractivity contribution is 0.102. The van der Waals surface area contributed by atoms with E-state index in [-0.39, 0.29) is 11.7 Å². The molecule has 0 spiro atoms. The van der Waals surface area contributed by atoms with Crippen molar-refractivity contribution in [2.24, 2.45) is 0 Å². The van der Waals surface area contributed by atoms with E-state index in [0.29, 0.717) is 33.6 Å². The number of amides is 1. The predicted molar refractivity (Wildman–Crippen MR) is 89.6 cm³/mol. The summed E-state index contributed by atoms with van der Waals surface area (Å²) in [5.74, 6) is -0.681. The molecule has 0 unspecified atom stereocenters. The molecular weight excluding hydrogens is 307 g/mol. The molecule has 4 aromatic rings. The molecule has 0 aliphatic carbocycles. The zero-order chi connectivity index (χ0) is 16.7. The average molecular weight is 320 g/mol. The standard InChI is InChI=1S/C18H13FN4O/c1-11-17(23-9-3-2-4-16(23)21-11)18(24)22-15-7-8-20-14-6-5-12(19)10-13(14)15/h2-10H,1H3,(H,20,22,24). The molecule has 0 saturated carbocycles. The normalized spacial score (nSPS) is 11.1. The quantitative estimate of drug-likeness (QED) is 0.614. The number of pyridine rings is 2. The van der Waals surface area contributed by atoms with E-state index in [2.05, 4.69) is 15.3 Å². The van der Waals surface area contributed by atoms with Gasteiger partial charge in [-0.15, -0.1) is 0 Å². The van der Waals surface area contributed by atoms with E-state index in [4.69, 9.17) is 0 Å². The van der Waals surface area contributed by atoms with Crippen molar-refractivity contribution < 1.29 is 9.18 Å². The molecule has 4 rings (SSSR count). The van der Waals surface area contributed by atoms with Crippen molar-refractivity contribution in [2.45, 2.75) is 6.92 Å². The third-order valence-electron chi connectivity index (χ3n) is 3.87. The molecule has 1 N–H and O–H groups in total. The van der Waals surface area contributed by atoms with Crippen molar-refractivity contribution in [1.29, 1.82) is 0 Å². The fourth-order valence-corrected chi connectivity index (χ4v) is 2.80. The van der Waals surface area contributed by atoms with E-state index in [1.54, 1.807) is 35.9 Å². The van der Waals surface area contributed by atoms with Gasteiger partial charge in [0.25, 0.3) is 5.91 Å². The lowest BCUT2D eigenvalue weighted by atomic mass is 10.1. The summed E-state index contributed by atoms with van der Waals surface area (Å²) >= 11 is 0. The van der Waals surface area contributed by atoms with Gasteiger partial charge < -0.3 is 5.32 Å². The Kier molecular flexibility index (Phi) is 3.23. The molecule has 0 saturated heterocycles. The molecule has 0 aliphatic rings. The molecule has 1 amide bonds. The minimum absolute atomic E-state index is 0.303. The number of aromatic nitrogens is 3. The highest BCUT2D eigenvalue weighted by atomic mass is 19.1. The topological polar surface area (TPSA) is 59.3 Å². The van der Waals surface area contributed by atoms with Crippen molar-refractivity contribution in [3.8, 4) is 0 Å². The van der Waals surface area contributed by atoms with Crippen LogP contribution in [0.15, 0.2) is 54.9 Å². The largest absolute Gasteiger partial charge is 0.320 e. The number of carbonyl (C=O) groups is 1. The number of rotatable bonds is 2. The van der Waals surface area contributed by atoms with E-state index in [9.17, 15) is 9.18 Å². The summed E-state index contributed by atoms with van der Waals surface area (Å²) in [6.45, 7) is 1.78. The summed E-state index contributed by atoms with van der Waals surface area (Å²) in [7, 11) is 0. The molecule has 118 valence electrons. The summed E-state index contributed by atoms with van der Waals surface area (Å²) in [6, 6.07) is 11.5. The molecule has 24 heavy (non-hydrogen) atoms. The number of halogens is 1. The zero-order valence-corrected chi connectivity index (χ0v) is 12.8. The highest BCUT2D eigenvalue weighted by molar-refractivity contribution is 6.08. The molecule has 6 heteroatoms. The molecule has 3 heterocycles. The summed E-state index contributed by atoms with van der Waals surface area (Å²) < 4.78 is 15.3. The van der Waals surface area contributed by atoms with E-state index in [0.717, 1.165) is 0 Å².